The predicted molar refractivity (Wildman–Crippen MR) is 76.0 cm³/mol. The molecule has 1 unspecified atom stereocenters. The Kier molecular flexibility index (Phi) is 8.03. The minimum atomic E-state index is -1.75. The van der Waals surface area contributed by atoms with Gasteiger partial charge in [0.1, 0.15) is 5.75 Å². The van der Waals surface area contributed by atoms with E-state index < -0.39 is 24.0 Å². The summed E-state index contributed by atoms with van der Waals surface area (Å²) in [6.07, 6.45) is -0.0707. The molecule has 1 atom stereocenters. The number of aliphatic hydroxyl groups is 1. The van der Waals surface area contributed by atoms with Crippen molar-refractivity contribution < 1.29 is 29.6 Å². The van der Waals surface area contributed by atoms with Crippen LogP contribution in [-0.4, -0.2) is 53.6 Å². The van der Waals surface area contributed by atoms with Gasteiger partial charge in [-0.2, -0.15) is 0 Å². The zero-order valence-electron chi connectivity index (χ0n) is 12.3. The Hall–Kier alpha value is -2.12. The third kappa shape index (κ3) is 6.24. The van der Waals surface area contributed by atoms with Crippen LogP contribution in [0.4, 0.5) is 0 Å². The molecule has 4 N–H and O–H groups in total. The lowest BCUT2D eigenvalue weighted by Gasteiger charge is -2.28. The molecule has 1 amide bonds. The fourth-order valence-electron chi connectivity index (χ4n) is 1.64. The predicted octanol–water partition coefficient (Wildman–Crippen LogP) is 0.149. The van der Waals surface area contributed by atoms with Crippen molar-refractivity contribution in [1.29, 1.82) is 0 Å². The van der Waals surface area contributed by atoms with Gasteiger partial charge in [-0.1, -0.05) is 12.1 Å². The summed E-state index contributed by atoms with van der Waals surface area (Å²) in [5.74, 6) is -1.79. The maximum atomic E-state index is 11.2. The summed E-state index contributed by atoms with van der Waals surface area (Å²) in [7, 11) is 3.25. The van der Waals surface area contributed by atoms with E-state index in [2.05, 4.69) is 10.1 Å². The number of aliphatic hydroxyl groups excluding tert-OH is 1. The molecule has 118 valence electrons. The zero-order valence-corrected chi connectivity index (χ0v) is 12.3. The van der Waals surface area contributed by atoms with Crippen LogP contribution in [-0.2, 0) is 20.7 Å². The Bertz CT molecular complexity index is 459. The van der Waals surface area contributed by atoms with E-state index in [9.17, 15) is 14.7 Å². The molecule has 1 rings (SSSR count). The van der Waals surface area contributed by atoms with Crippen molar-refractivity contribution in [1.82, 2.24) is 5.32 Å². The Balaban J connectivity index is 0.00000122. The molecule has 0 aliphatic carbocycles. The number of carbonyl (C=O) groups is 2. The monoisotopic (exact) mass is 299 g/mol. The maximum Gasteiger partial charge on any atom is 0.332 e. The van der Waals surface area contributed by atoms with Gasteiger partial charge in [0.05, 0.1) is 6.61 Å². The van der Waals surface area contributed by atoms with E-state index in [1.54, 1.807) is 14.2 Å². The first-order valence-electron chi connectivity index (χ1n) is 6.12. The molecule has 0 aliphatic heterocycles. The zero-order chi connectivity index (χ0) is 16.5. The number of carboxylic acid groups (broad SMARTS) is 1. The number of rotatable bonds is 5. The molecule has 1 aromatic rings. The molecule has 0 saturated heterocycles. The van der Waals surface area contributed by atoms with Crippen LogP contribution in [0, 0.1) is 0 Å². The molecule has 1 aromatic carbocycles. The average molecular weight is 299 g/mol. The van der Waals surface area contributed by atoms with Crippen molar-refractivity contribution in [3.05, 3.63) is 29.8 Å². The van der Waals surface area contributed by atoms with Crippen molar-refractivity contribution in [2.45, 2.75) is 18.9 Å². The van der Waals surface area contributed by atoms with E-state index >= 15 is 0 Å². The third-order valence-corrected chi connectivity index (χ3v) is 2.54. The first kappa shape index (κ1) is 18.9. The number of carbonyl (C=O) groups excluding carboxylic acids is 1. The van der Waals surface area contributed by atoms with Crippen LogP contribution < -0.4 is 5.32 Å². The average Bonchev–Trinajstić information content (AvgIpc) is 2.40. The highest BCUT2D eigenvalue weighted by Crippen LogP contribution is 2.17. The van der Waals surface area contributed by atoms with Crippen LogP contribution in [0.15, 0.2) is 24.3 Å². The number of phenols is 1. The highest BCUT2D eigenvalue weighted by atomic mass is 16.4. The second-order valence-electron chi connectivity index (χ2n) is 4.48. The van der Waals surface area contributed by atoms with Crippen molar-refractivity contribution in [2.75, 3.05) is 20.8 Å². The highest BCUT2D eigenvalue weighted by Gasteiger charge is 2.39. The summed E-state index contributed by atoms with van der Waals surface area (Å²) >= 11 is 0. The molecule has 0 aromatic heterocycles. The fraction of sp³-hybridized carbons (Fsp3) is 0.429. The van der Waals surface area contributed by atoms with Gasteiger partial charge in [-0.3, -0.25) is 4.79 Å². The van der Waals surface area contributed by atoms with Crippen molar-refractivity contribution in [3.8, 4) is 5.75 Å². The van der Waals surface area contributed by atoms with E-state index in [1.165, 1.54) is 31.2 Å². The highest BCUT2D eigenvalue weighted by molar-refractivity contribution is 5.86. The molecule has 0 bridgehead atoms. The van der Waals surface area contributed by atoms with E-state index in [0.29, 0.717) is 5.56 Å². The number of phenolic OH excluding ortho intramolecular Hbond substituents is 1. The van der Waals surface area contributed by atoms with E-state index in [1.807, 2.05) is 0 Å². The summed E-state index contributed by atoms with van der Waals surface area (Å²) < 4.78 is 4.25. The number of ether oxygens (including phenoxy) is 1. The number of aliphatic carboxylic acids is 1. The lowest BCUT2D eigenvalue weighted by atomic mass is 9.91. The molecule has 0 radical (unpaired) electrons. The molecule has 0 heterocycles. The van der Waals surface area contributed by atoms with Crippen LogP contribution in [0.1, 0.15) is 12.5 Å². The summed E-state index contributed by atoms with van der Waals surface area (Å²) in [4.78, 5) is 22.3. The Morgan fingerprint density at radius 2 is 1.71 bits per heavy atom. The topological polar surface area (TPSA) is 116 Å². The number of amides is 1. The summed E-state index contributed by atoms with van der Waals surface area (Å²) in [5, 5.41) is 29.8. The van der Waals surface area contributed by atoms with E-state index in [0.717, 1.165) is 0 Å². The Morgan fingerprint density at radius 3 is 2.05 bits per heavy atom. The van der Waals surface area contributed by atoms with Gasteiger partial charge in [0, 0.05) is 27.6 Å². The van der Waals surface area contributed by atoms with Gasteiger partial charge in [0.15, 0.2) is 5.54 Å². The van der Waals surface area contributed by atoms with Crippen LogP contribution in [0.2, 0.25) is 0 Å². The van der Waals surface area contributed by atoms with Crippen molar-refractivity contribution >= 4 is 11.9 Å². The number of carboxylic acids is 1. The van der Waals surface area contributed by atoms with Gasteiger partial charge >= 0.3 is 5.97 Å². The SMILES string of the molecule is CC(=O)NC(CO)(Cc1ccc(O)cc1)C(=O)O.COC. The van der Waals surface area contributed by atoms with Crippen molar-refractivity contribution in [2.24, 2.45) is 0 Å². The van der Waals surface area contributed by atoms with Gasteiger partial charge in [-0.15, -0.1) is 0 Å². The van der Waals surface area contributed by atoms with Gasteiger partial charge in [0.25, 0.3) is 0 Å². The van der Waals surface area contributed by atoms with Crippen molar-refractivity contribution in [3.63, 3.8) is 0 Å². The number of methoxy groups -OCH3 is 1. The molecule has 0 saturated carbocycles. The number of hydrogen-bond donors (Lipinski definition) is 4. The molecule has 7 nitrogen and oxygen atoms in total. The molecule has 7 heteroatoms. The van der Waals surface area contributed by atoms with Crippen LogP contribution in [0.25, 0.3) is 0 Å². The van der Waals surface area contributed by atoms with Gasteiger partial charge in [0.2, 0.25) is 5.91 Å². The number of benzene rings is 1. The lowest BCUT2D eigenvalue weighted by Crippen LogP contribution is -2.58. The lowest BCUT2D eigenvalue weighted by molar-refractivity contribution is -0.149. The molecule has 0 spiro atoms. The third-order valence-electron chi connectivity index (χ3n) is 2.54. The van der Waals surface area contributed by atoms with Gasteiger partial charge < -0.3 is 25.4 Å². The Labute approximate surface area is 123 Å². The number of aromatic hydroxyl groups is 1. The largest absolute Gasteiger partial charge is 0.508 e. The smallest absolute Gasteiger partial charge is 0.332 e. The van der Waals surface area contributed by atoms with Gasteiger partial charge in [-0.05, 0) is 17.7 Å². The molecular formula is C14H21NO6. The van der Waals surface area contributed by atoms with Crippen LogP contribution >= 0.6 is 0 Å². The molecule has 21 heavy (non-hydrogen) atoms. The second-order valence-corrected chi connectivity index (χ2v) is 4.48. The van der Waals surface area contributed by atoms with Gasteiger partial charge in [-0.25, -0.2) is 4.79 Å². The maximum absolute atomic E-state index is 11.2. The number of nitrogens with one attached hydrogen (secondary N) is 1. The fourth-order valence-corrected chi connectivity index (χ4v) is 1.64. The van der Waals surface area contributed by atoms with Crippen LogP contribution in [0.5, 0.6) is 5.75 Å². The Morgan fingerprint density at radius 1 is 1.24 bits per heavy atom. The first-order valence-corrected chi connectivity index (χ1v) is 6.12. The van der Waals surface area contributed by atoms with E-state index in [4.69, 9.17) is 10.2 Å². The minimum absolute atomic E-state index is 0.0585. The molecule has 0 aliphatic rings. The summed E-state index contributed by atoms with van der Waals surface area (Å²) in [5.41, 5.74) is -1.17. The molecular weight excluding hydrogens is 278 g/mol. The van der Waals surface area contributed by atoms with Crippen LogP contribution in [0.3, 0.4) is 0 Å². The van der Waals surface area contributed by atoms with E-state index in [-0.39, 0.29) is 12.2 Å². The number of hydrogen-bond acceptors (Lipinski definition) is 5. The summed E-state index contributed by atoms with van der Waals surface area (Å²) in [6.45, 7) is 0.465. The minimum Gasteiger partial charge on any atom is -0.508 e. The first-order chi connectivity index (χ1) is 9.81. The quantitative estimate of drug-likeness (QED) is 0.615. The standard InChI is InChI=1S/C12H15NO5.C2H6O/c1-8(15)13-12(7-14,11(17)18)6-9-2-4-10(16)5-3-9;1-3-2/h2-5,14,16H,6-7H2,1H3,(H,13,15)(H,17,18);1-2H3. The second kappa shape index (κ2) is 8.93. The normalized spacial score (nSPS) is 12.6. The summed E-state index contributed by atoms with van der Waals surface area (Å²) in [6, 6.07) is 5.88. The molecule has 0 fully saturated rings.